The molecule has 0 radical (unpaired) electrons. The number of fused-ring (bicyclic) bond motifs is 1. The molecular formula is C28H30N8O2. The lowest BCUT2D eigenvalue weighted by atomic mass is 10.2. The number of hydrogen-bond donors (Lipinski definition) is 2. The fraction of sp³-hybridized carbons (Fsp3) is 0.321. The van der Waals surface area contributed by atoms with Crippen LogP contribution in [-0.2, 0) is 0 Å². The second-order valence-corrected chi connectivity index (χ2v) is 9.86. The second kappa shape index (κ2) is 10.1. The van der Waals surface area contributed by atoms with Crippen LogP contribution in [0.25, 0.3) is 22.3 Å². The molecule has 5 heterocycles. The largest absolute Gasteiger partial charge is 0.351 e. The van der Waals surface area contributed by atoms with Crippen LogP contribution in [0.5, 0.6) is 0 Å². The molecule has 0 bridgehead atoms. The van der Waals surface area contributed by atoms with Crippen molar-refractivity contribution in [3.8, 4) is 11.4 Å². The molecule has 0 saturated carbocycles. The number of carbonyl (C=O) groups excluding carboxylic acids is 2. The lowest BCUT2D eigenvalue weighted by Crippen LogP contribution is -2.58. The van der Waals surface area contributed by atoms with E-state index in [9.17, 15) is 9.59 Å². The molecular weight excluding hydrogens is 480 g/mol. The third-order valence-corrected chi connectivity index (χ3v) is 7.23. The number of amides is 3. The number of pyridine rings is 1. The topological polar surface area (TPSA) is 110 Å². The lowest BCUT2D eigenvalue weighted by Gasteiger charge is -2.41. The highest BCUT2D eigenvalue weighted by Crippen LogP contribution is 2.24. The molecule has 2 fully saturated rings. The Bertz CT molecular complexity index is 1460. The van der Waals surface area contributed by atoms with E-state index < -0.39 is 0 Å². The summed E-state index contributed by atoms with van der Waals surface area (Å²) in [6.45, 7) is 5.27. The summed E-state index contributed by atoms with van der Waals surface area (Å²) in [5.74, 6) is 0.414. The van der Waals surface area contributed by atoms with E-state index in [0.29, 0.717) is 31.3 Å². The Morgan fingerprint density at radius 3 is 2.58 bits per heavy atom. The van der Waals surface area contributed by atoms with E-state index in [1.165, 1.54) is 0 Å². The summed E-state index contributed by atoms with van der Waals surface area (Å²) < 4.78 is 0. The summed E-state index contributed by atoms with van der Waals surface area (Å²) in [5, 5.41) is 4.16. The van der Waals surface area contributed by atoms with E-state index in [0.717, 1.165) is 53.9 Å². The maximum absolute atomic E-state index is 13.3. The number of aromatic amines is 1. The van der Waals surface area contributed by atoms with Crippen molar-refractivity contribution in [3.05, 3.63) is 66.6 Å². The number of nitrogens with one attached hydrogen (secondary N) is 2. The van der Waals surface area contributed by atoms with Gasteiger partial charge in [-0.2, -0.15) is 0 Å². The standard InChI is InChI=1S/C28H30N8O2/c1-19-18-35(14-15-36(19)28(38)34-12-4-5-13-34)26(37)25-17-20-16-21(7-8-22(20)32-25)31-27-30-11-9-24(33-27)23-6-2-3-10-29-23/h2-3,6-11,16-17,19,32H,4-5,12-15,18H2,1H3,(H,30,31,33). The first kappa shape index (κ1) is 23.9. The van der Waals surface area contributed by atoms with Crippen molar-refractivity contribution >= 4 is 34.5 Å². The minimum Gasteiger partial charge on any atom is -0.351 e. The van der Waals surface area contributed by atoms with E-state index >= 15 is 0 Å². The third-order valence-electron chi connectivity index (χ3n) is 7.23. The molecule has 2 saturated heterocycles. The summed E-state index contributed by atoms with van der Waals surface area (Å²) in [6.07, 6.45) is 5.57. The van der Waals surface area contributed by atoms with E-state index in [4.69, 9.17) is 0 Å². The lowest BCUT2D eigenvalue weighted by molar-refractivity contribution is 0.0538. The molecule has 0 spiro atoms. The van der Waals surface area contributed by atoms with Gasteiger partial charge in [0, 0.05) is 67.7 Å². The van der Waals surface area contributed by atoms with Crippen LogP contribution in [0.15, 0.2) is 60.9 Å². The molecule has 1 aromatic carbocycles. The Balaban J connectivity index is 1.14. The van der Waals surface area contributed by atoms with Crippen LogP contribution in [0.2, 0.25) is 0 Å². The smallest absolute Gasteiger partial charge is 0.320 e. The van der Waals surface area contributed by atoms with Crippen molar-refractivity contribution < 1.29 is 9.59 Å². The number of carbonyl (C=O) groups is 2. The molecule has 4 aromatic rings. The highest BCUT2D eigenvalue weighted by Gasteiger charge is 2.33. The van der Waals surface area contributed by atoms with Gasteiger partial charge in [0.15, 0.2) is 0 Å². The molecule has 1 atom stereocenters. The maximum Gasteiger partial charge on any atom is 0.320 e. The first-order chi connectivity index (χ1) is 18.5. The molecule has 3 aromatic heterocycles. The summed E-state index contributed by atoms with van der Waals surface area (Å²) in [5.41, 5.74) is 3.74. The van der Waals surface area contributed by atoms with E-state index in [2.05, 4.69) is 25.3 Å². The third kappa shape index (κ3) is 4.77. The van der Waals surface area contributed by atoms with Crippen molar-refractivity contribution in [3.63, 3.8) is 0 Å². The number of H-pyrrole nitrogens is 1. The Morgan fingerprint density at radius 1 is 0.921 bits per heavy atom. The van der Waals surface area contributed by atoms with E-state index in [1.54, 1.807) is 12.4 Å². The molecule has 2 aliphatic heterocycles. The quantitative estimate of drug-likeness (QED) is 0.427. The van der Waals surface area contributed by atoms with Gasteiger partial charge in [-0.3, -0.25) is 9.78 Å². The van der Waals surface area contributed by atoms with Crippen molar-refractivity contribution in [2.75, 3.05) is 38.0 Å². The predicted molar refractivity (Wildman–Crippen MR) is 145 cm³/mol. The van der Waals surface area contributed by atoms with Crippen LogP contribution >= 0.6 is 0 Å². The zero-order valence-electron chi connectivity index (χ0n) is 21.3. The van der Waals surface area contributed by atoms with Gasteiger partial charge in [-0.25, -0.2) is 14.8 Å². The summed E-state index contributed by atoms with van der Waals surface area (Å²) in [7, 11) is 0. The molecule has 194 valence electrons. The van der Waals surface area contributed by atoms with Gasteiger partial charge in [0.25, 0.3) is 5.91 Å². The number of nitrogens with zero attached hydrogens (tertiary/aromatic N) is 6. The first-order valence-corrected chi connectivity index (χ1v) is 13.0. The highest BCUT2D eigenvalue weighted by atomic mass is 16.2. The minimum absolute atomic E-state index is 0.0252. The monoisotopic (exact) mass is 510 g/mol. The van der Waals surface area contributed by atoms with Gasteiger partial charge in [-0.05, 0) is 62.2 Å². The Hall–Kier alpha value is -4.47. The number of piperazine rings is 1. The fourth-order valence-corrected chi connectivity index (χ4v) is 5.22. The van der Waals surface area contributed by atoms with Gasteiger partial charge in [-0.1, -0.05) is 6.07 Å². The molecule has 2 N–H and O–H groups in total. The van der Waals surface area contributed by atoms with Gasteiger partial charge in [0.05, 0.1) is 11.4 Å². The molecule has 10 heteroatoms. The number of anilines is 2. The van der Waals surface area contributed by atoms with Gasteiger partial charge < -0.3 is 25.0 Å². The predicted octanol–water partition coefficient (Wildman–Crippen LogP) is 4.13. The minimum atomic E-state index is -0.0535. The van der Waals surface area contributed by atoms with Gasteiger partial charge >= 0.3 is 6.03 Å². The molecule has 3 amide bonds. The number of likely N-dealkylation sites (tertiary alicyclic amines) is 1. The van der Waals surface area contributed by atoms with Crippen LogP contribution in [0, 0.1) is 0 Å². The zero-order valence-corrected chi connectivity index (χ0v) is 21.3. The van der Waals surface area contributed by atoms with Crippen LogP contribution < -0.4 is 5.32 Å². The molecule has 38 heavy (non-hydrogen) atoms. The summed E-state index contributed by atoms with van der Waals surface area (Å²) >= 11 is 0. The highest BCUT2D eigenvalue weighted by molar-refractivity contribution is 5.99. The van der Waals surface area contributed by atoms with Crippen molar-refractivity contribution in [2.45, 2.75) is 25.8 Å². The van der Waals surface area contributed by atoms with Crippen LogP contribution in [0.1, 0.15) is 30.3 Å². The average Bonchev–Trinajstić information content (AvgIpc) is 3.63. The van der Waals surface area contributed by atoms with Crippen molar-refractivity contribution in [1.82, 2.24) is 34.6 Å². The number of rotatable bonds is 4. The normalized spacial score (nSPS) is 17.7. The SMILES string of the molecule is CC1CN(C(=O)c2cc3cc(Nc4nccc(-c5ccccn5)n4)ccc3[nH]2)CCN1C(=O)N1CCCC1. The molecule has 1 unspecified atom stereocenters. The fourth-order valence-electron chi connectivity index (χ4n) is 5.22. The average molecular weight is 511 g/mol. The van der Waals surface area contributed by atoms with Crippen molar-refractivity contribution in [1.29, 1.82) is 0 Å². The van der Waals surface area contributed by atoms with Gasteiger partial charge in [0.1, 0.15) is 5.69 Å². The summed E-state index contributed by atoms with van der Waals surface area (Å²) in [6, 6.07) is 15.3. The molecule has 6 rings (SSSR count). The molecule has 0 aliphatic carbocycles. The van der Waals surface area contributed by atoms with Crippen LogP contribution in [0.4, 0.5) is 16.4 Å². The molecule has 10 nitrogen and oxygen atoms in total. The Morgan fingerprint density at radius 2 is 1.79 bits per heavy atom. The molecule has 2 aliphatic rings. The van der Waals surface area contributed by atoms with Crippen LogP contribution in [-0.4, -0.2) is 85.3 Å². The van der Waals surface area contributed by atoms with E-state index in [-0.39, 0.29) is 18.0 Å². The number of aromatic nitrogens is 4. The second-order valence-electron chi connectivity index (χ2n) is 9.86. The van der Waals surface area contributed by atoms with Crippen LogP contribution in [0.3, 0.4) is 0 Å². The van der Waals surface area contributed by atoms with Gasteiger partial charge in [0.2, 0.25) is 5.95 Å². The maximum atomic E-state index is 13.3. The zero-order chi connectivity index (χ0) is 26.1. The Labute approximate surface area is 220 Å². The number of urea groups is 1. The number of hydrogen-bond acceptors (Lipinski definition) is 6. The van der Waals surface area contributed by atoms with E-state index in [1.807, 2.05) is 70.2 Å². The van der Waals surface area contributed by atoms with Gasteiger partial charge in [-0.15, -0.1) is 0 Å². The Kier molecular flexibility index (Phi) is 6.36. The first-order valence-electron chi connectivity index (χ1n) is 13.0. The number of benzene rings is 1. The summed E-state index contributed by atoms with van der Waals surface area (Å²) in [4.78, 5) is 48.4. The van der Waals surface area contributed by atoms with Crippen molar-refractivity contribution in [2.24, 2.45) is 0 Å².